The Bertz CT molecular complexity index is 695. The molecular weight excluding hydrogens is 422 g/mol. The Hall–Kier alpha value is -1.05. The van der Waals surface area contributed by atoms with Crippen LogP contribution < -0.4 is 14.8 Å². The first-order valence-corrected chi connectivity index (χ1v) is 8.61. The summed E-state index contributed by atoms with van der Waals surface area (Å²) in [5.74, 6) is 1.18. The third kappa shape index (κ3) is 3.09. The largest absolute Gasteiger partial charge is 0.486 e. The van der Waals surface area contributed by atoms with Gasteiger partial charge in [-0.25, -0.2) is 0 Å². The number of anilines is 1. The summed E-state index contributed by atoms with van der Waals surface area (Å²) >= 11 is 8.28. The highest BCUT2D eigenvalue weighted by Gasteiger charge is 2.17. The molecule has 1 N–H and O–H groups in total. The van der Waals surface area contributed by atoms with E-state index in [-0.39, 0.29) is 5.91 Å². The molecular formula is C14H11Br2NO3S. The van der Waals surface area contributed by atoms with Crippen LogP contribution in [0.1, 0.15) is 15.2 Å². The highest BCUT2D eigenvalue weighted by Crippen LogP contribution is 2.38. The van der Waals surface area contributed by atoms with Gasteiger partial charge in [-0.1, -0.05) is 0 Å². The van der Waals surface area contributed by atoms with Crippen molar-refractivity contribution in [2.24, 2.45) is 0 Å². The van der Waals surface area contributed by atoms with Crippen molar-refractivity contribution in [2.45, 2.75) is 6.92 Å². The maximum absolute atomic E-state index is 12.3. The maximum Gasteiger partial charge on any atom is 0.265 e. The fraction of sp³-hybridized carbons (Fsp3) is 0.214. The van der Waals surface area contributed by atoms with Crippen molar-refractivity contribution in [3.8, 4) is 11.5 Å². The maximum atomic E-state index is 12.3. The van der Waals surface area contributed by atoms with Crippen molar-refractivity contribution in [1.29, 1.82) is 0 Å². The van der Waals surface area contributed by atoms with Gasteiger partial charge in [0, 0.05) is 16.6 Å². The average Bonchev–Trinajstić information content (AvgIpc) is 2.79. The van der Waals surface area contributed by atoms with Crippen molar-refractivity contribution < 1.29 is 14.3 Å². The molecule has 0 radical (unpaired) electrons. The van der Waals surface area contributed by atoms with Gasteiger partial charge in [-0.2, -0.15) is 0 Å². The Kier molecular flexibility index (Phi) is 4.24. The molecule has 1 aliphatic heterocycles. The number of amides is 1. The van der Waals surface area contributed by atoms with Crippen LogP contribution in [0.25, 0.3) is 0 Å². The third-order valence-electron chi connectivity index (χ3n) is 2.96. The van der Waals surface area contributed by atoms with Gasteiger partial charge in [0.2, 0.25) is 0 Å². The number of carbonyl (C=O) groups is 1. The number of ether oxygens (including phenoxy) is 2. The van der Waals surface area contributed by atoms with Crippen molar-refractivity contribution in [3.63, 3.8) is 0 Å². The van der Waals surface area contributed by atoms with Gasteiger partial charge in [0.1, 0.15) is 13.2 Å². The van der Waals surface area contributed by atoms with Crippen LogP contribution in [0.4, 0.5) is 5.69 Å². The summed E-state index contributed by atoms with van der Waals surface area (Å²) in [6, 6.07) is 5.43. The van der Waals surface area contributed by atoms with E-state index < -0.39 is 0 Å². The Balaban J connectivity index is 1.85. The number of fused-ring (bicyclic) bond motifs is 1. The van der Waals surface area contributed by atoms with E-state index in [0.29, 0.717) is 35.3 Å². The molecule has 2 aromatic rings. The number of carbonyl (C=O) groups excluding carboxylic acids is 1. The van der Waals surface area contributed by atoms with Gasteiger partial charge in [0.15, 0.2) is 11.5 Å². The molecule has 0 fully saturated rings. The molecule has 110 valence electrons. The number of hydrogen-bond donors (Lipinski definition) is 1. The molecule has 0 saturated heterocycles. The monoisotopic (exact) mass is 431 g/mol. The first kappa shape index (κ1) is 14.9. The van der Waals surface area contributed by atoms with Crippen molar-refractivity contribution >= 4 is 54.8 Å². The summed E-state index contributed by atoms with van der Waals surface area (Å²) in [5, 5.41) is 2.89. The molecule has 1 amide bonds. The molecule has 3 rings (SSSR count). The first-order valence-electron chi connectivity index (χ1n) is 6.21. The van der Waals surface area contributed by atoms with E-state index in [1.54, 1.807) is 12.1 Å². The summed E-state index contributed by atoms with van der Waals surface area (Å²) in [7, 11) is 0. The Morgan fingerprint density at radius 2 is 1.86 bits per heavy atom. The van der Waals surface area contributed by atoms with Crippen molar-refractivity contribution in [3.05, 3.63) is 36.9 Å². The second-order valence-electron chi connectivity index (χ2n) is 4.50. The number of hydrogen-bond acceptors (Lipinski definition) is 4. The zero-order chi connectivity index (χ0) is 15.0. The Morgan fingerprint density at radius 1 is 1.19 bits per heavy atom. The van der Waals surface area contributed by atoms with Gasteiger partial charge in [0.25, 0.3) is 5.91 Å². The zero-order valence-electron chi connectivity index (χ0n) is 11.0. The van der Waals surface area contributed by atoms with Crippen molar-refractivity contribution in [1.82, 2.24) is 0 Å². The number of halogens is 2. The van der Waals surface area contributed by atoms with Gasteiger partial charge >= 0.3 is 0 Å². The number of rotatable bonds is 2. The van der Waals surface area contributed by atoms with Gasteiger partial charge in [-0.05, 0) is 50.4 Å². The second-order valence-corrected chi connectivity index (χ2v) is 7.72. The molecule has 0 saturated carbocycles. The predicted octanol–water partition coefficient (Wildman–Crippen LogP) is 4.61. The minimum absolute atomic E-state index is 0.147. The smallest absolute Gasteiger partial charge is 0.265 e. The van der Waals surface area contributed by atoms with E-state index in [0.717, 1.165) is 13.8 Å². The molecule has 0 aliphatic carbocycles. The van der Waals surface area contributed by atoms with Crippen LogP contribution in [0.3, 0.4) is 0 Å². The molecule has 21 heavy (non-hydrogen) atoms. The molecule has 0 unspecified atom stereocenters. The van der Waals surface area contributed by atoms with Crippen LogP contribution in [0.2, 0.25) is 0 Å². The molecule has 7 heteroatoms. The highest BCUT2D eigenvalue weighted by molar-refractivity contribution is 9.11. The van der Waals surface area contributed by atoms with E-state index >= 15 is 0 Å². The molecule has 0 atom stereocenters. The van der Waals surface area contributed by atoms with Crippen molar-refractivity contribution in [2.75, 3.05) is 18.5 Å². The average molecular weight is 433 g/mol. The van der Waals surface area contributed by atoms with Crippen LogP contribution in [-0.4, -0.2) is 19.1 Å². The molecule has 0 spiro atoms. The Labute approximate surface area is 142 Å². The fourth-order valence-corrected chi connectivity index (χ4v) is 3.77. The van der Waals surface area contributed by atoms with Crippen LogP contribution in [0, 0.1) is 6.92 Å². The van der Waals surface area contributed by atoms with E-state index in [4.69, 9.17) is 9.47 Å². The lowest BCUT2D eigenvalue weighted by Gasteiger charge is -2.20. The highest BCUT2D eigenvalue weighted by atomic mass is 79.9. The summed E-state index contributed by atoms with van der Waals surface area (Å²) in [5.41, 5.74) is 1.71. The van der Waals surface area contributed by atoms with Gasteiger partial charge in [0.05, 0.1) is 14.4 Å². The number of benzene rings is 1. The number of aryl methyl sites for hydroxylation is 1. The van der Waals surface area contributed by atoms with Crippen LogP contribution in [0.15, 0.2) is 26.5 Å². The zero-order valence-corrected chi connectivity index (χ0v) is 15.0. The molecule has 4 nitrogen and oxygen atoms in total. The summed E-state index contributed by atoms with van der Waals surface area (Å²) < 4.78 is 12.7. The quantitative estimate of drug-likeness (QED) is 0.753. The van der Waals surface area contributed by atoms with Crippen LogP contribution in [0.5, 0.6) is 11.5 Å². The normalized spacial score (nSPS) is 13.1. The number of nitrogens with one attached hydrogen (secondary N) is 1. The molecule has 0 bridgehead atoms. The summed E-state index contributed by atoms with van der Waals surface area (Å²) in [6.07, 6.45) is 0. The second kappa shape index (κ2) is 5.98. The molecule has 1 aromatic carbocycles. The lowest BCUT2D eigenvalue weighted by Crippen LogP contribution is -2.16. The van der Waals surface area contributed by atoms with E-state index in [1.807, 2.05) is 13.0 Å². The van der Waals surface area contributed by atoms with Crippen LogP contribution >= 0.6 is 43.2 Å². The standard InChI is InChI=1S/C14H11Br2NO3S/c1-7-4-12(21-13(7)16)14(18)17-9-6-11-10(5-8(9)15)19-2-3-20-11/h4-6H,2-3H2,1H3,(H,17,18). The van der Waals surface area contributed by atoms with Gasteiger partial charge in [-0.3, -0.25) is 4.79 Å². The summed E-state index contributed by atoms with van der Waals surface area (Å²) in [6.45, 7) is 3.00. The lowest BCUT2D eigenvalue weighted by atomic mass is 10.2. The number of thiophene rings is 1. The van der Waals surface area contributed by atoms with Gasteiger partial charge in [-0.15, -0.1) is 11.3 Å². The molecule has 1 aromatic heterocycles. The third-order valence-corrected chi connectivity index (χ3v) is 5.75. The van der Waals surface area contributed by atoms with E-state index in [1.165, 1.54) is 11.3 Å². The van der Waals surface area contributed by atoms with Crippen LogP contribution in [-0.2, 0) is 0 Å². The molecule has 1 aliphatic rings. The van der Waals surface area contributed by atoms with E-state index in [9.17, 15) is 4.79 Å². The first-order chi connectivity index (χ1) is 10.0. The summed E-state index contributed by atoms with van der Waals surface area (Å²) in [4.78, 5) is 12.9. The SMILES string of the molecule is Cc1cc(C(=O)Nc2cc3c(cc2Br)OCCO3)sc1Br. The fourth-order valence-electron chi connectivity index (χ4n) is 1.92. The lowest BCUT2D eigenvalue weighted by molar-refractivity contribution is 0.103. The topological polar surface area (TPSA) is 47.6 Å². The van der Waals surface area contributed by atoms with E-state index in [2.05, 4.69) is 37.2 Å². The molecule has 2 heterocycles. The minimum atomic E-state index is -0.147. The van der Waals surface area contributed by atoms with Gasteiger partial charge < -0.3 is 14.8 Å². The predicted molar refractivity (Wildman–Crippen MR) is 89.8 cm³/mol. The Morgan fingerprint density at radius 3 is 2.48 bits per heavy atom. The minimum Gasteiger partial charge on any atom is -0.486 e.